The van der Waals surface area contributed by atoms with E-state index in [0.29, 0.717) is 0 Å². The number of benzene rings is 2. The Morgan fingerprint density at radius 2 is 1.55 bits per heavy atom. The zero-order valence-corrected chi connectivity index (χ0v) is 10.3. The van der Waals surface area contributed by atoms with E-state index in [2.05, 4.69) is 4.74 Å². The van der Waals surface area contributed by atoms with Crippen LogP contribution in [0.5, 0.6) is 17.2 Å². The van der Waals surface area contributed by atoms with Crippen molar-refractivity contribution in [1.82, 2.24) is 0 Å². The monoisotopic (exact) mass is 276 g/mol. The number of phenolic OH excluding ortho intramolecular Hbond substituents is 2. The molecule has 20 heavy (non-hydrogen) atoms. The second-order valence-corrected chi connectivity index (χ2v) is 3.58. The third kappa shape index (κ3) is 5.54. The smallest absolute Gasteiger partial charge is 0.508 e. The van der Waals surface area contributed by atoms with E-state index in [9.17, 15) is 9.59 Å². The summed E-state index contributed by atoms with van der Waals surface area (Å²) in [6.45, 7) is 0. The average Bonchev–Trinajstić information content (AvgIpc) is 2.38. The summed E-state index contributed by atoms with van der Waals surface area (Å²) in [6.07, 6.45) is -0.667. The number of aromatic hydroxyl groups is 2. The quantitative estimate of drug-likeness (QED) is 0.442. The van der Waals surface area contributed by atoms with Gasteiger partial charge in [-0.1, -0.05) is 30.3 Å². The molecule has 0 aromatic heterocycles. The van der Waals surface area contributed by atoms with Crippen LogP contribution >= 0.6 is 0 Å². The number of phenols is 2. The molecule has 0 spiro atoms. The van der Waals surface area contributed by atoms with Crippen LogP contribution in [-0.4, -0.2) is 27.8 Å². The normalized spacial score (nSPS) is 9.00. The zero-order valence-electron chi connectivity index (χ0n) is 10.3. The molecule has 2 aromatic carbocycles. The summed E-state index contributed by atoms with van der Waals surface area (Å²) in [7, 11) is 0. The summed E-state index contributed by atoms with van der Waals surface area (Å²) in [4.78, 5) is 20.0. The Morgan fingerprint density at radius 3 is 1.95 bits per heavy atom. The van der Waals surface area contributed by atoms with Gasteiger partial charge in [-0.2, -0.15) is 0 Å². The molecule has 0 radical (unpaired) electrons. The van der Waals surface area contributed by atoms with Crippen molar-refractivity contribution in [3.8, 4) is 17.2 Å². The minimum atomic E-state index is -1.50. The predicted molar refractivity (Wildman–Crippen MR) is 70.3 cm³/mol. The molecule has 6 heteroatoms. The molecule has 2 aromatic rings. The molecule has 0 aliphatic rings. The highest BCUT2D eigenvalue weighted by Crippen LogP contribution is 2.25. The molecule has 0 fully saturated rings. The van der Waals surface area contributed by atoms with Crippen LogP contribution in [0, 0.1) is 0 Å². The molecule has 0 amide bonds. The number of hydrogen-bond acceptors (Lipinski definition) is 5. The fourth-order valence-corrected chi connectivity index (χ4v) is 1.26. The first kappa shape index (κ1) is 15.0. The number of carbonyl (C=O) groups excluding carboxylic acids is 1. The van der Waals surface area contributed by atoms with Crippen molar-refractivity contribution in [2.45, 2.75) is 0 Å². The summed E-state index contributed by atoms with van der Waals surface area (Å²) in [6, 6.07) is 12.3. The van der Waals surface area contributed by atoms with E-state index in [1.807, 2.05) is 18.2 Å². The highest BCUT2D eigenvalue weighted by Gasteiger charge is 2.03. The van der Waals surface area contributed by atoms with Crippen molar-refractivity contribution in [2.75, 3.05) is 0 Å². The summed E-state index contributed by atoms with van der Waals surface area (Å²) in [5.41, 5.74) is 0.729. The molecule has 0 unspecified atom stereocenters. The van der Waals surface area contributed by atoms with Crippen LogP contribution in [0.2, 0.25) is 0 Å². The largest absolute Gasteiger partial charge is 0.511 e. The first-order chi connectivity index (χ1) is 9.51. The molecular formula is C14H12O6. The number of carbonyl (C=O) groups is 2. The molecule has 104 valence electrons. The molecule has 0 heterocycles. The summed E-state index contributed by atoms with van der Waals surface area (Å²) in [5, 5.41) is 25.9. The highest BCUT2D eigenvalue weighted by atomic mass is 16.7. The second-order valence-electron chi connectivity index (χ2n) is 3.58. The van der Waals surface area contributed by atoms with E-state index in [1.165, 1.54) is 0 Å². The van der Waals surface area contributed by atoms with Crippen LogP contribution in [0.15, 0.2) is 48.5 Å². The third-order valence-corrected chi connectivity index (χ3v) is 2.02. The van der Waals surface area contributed by atoms with Crippen molar-refractivity contribution in [3.05, 3.63) is 54.1 Å². The van der Waals surface area contributed by atoms with E-state index < -0.39 is 6.16 Å². The van der Waals surface area contributed by atoms with Crippen LogP contribution in [0.1, 0.15) is 10.4 Å². The van der Waals surface area contributed by atoms with Crippen LogP contribution < -0.4 is 4.74 Å². The van der Waals surface area contributed by atoms with Crippen LogP contribution in [0.3, 0.4) is 0 Å². The summed E-state index contributed by atoms with van der Waals surface area (Å²) < 4.78 is 4.17. The zero-order chi connectivity index (χ0) is 15.0. The van der Waals surface area contributed by atoms with Crippen molar-refractivity contribution in [1.29, 1.82) is 0 Å². The van der Waals surface area contributed by atoms with Gasteiger partial charge in [-0.25, -0.2) is 4.79 Å². The minimum absolute atomic E-state index is 0.125. The highest BCUT2D eigenvalue weighted by molar-refractivity contribution is 5.74. The Labute approximate surface area is 114 Å². The van der Waals surface area contributed by atoms with Crippen molar-refractivity contribution in [2.24, 2.45) is 0 Å². The third-order valence-electron chi connectivity index (χ3n) is 2.02. The lowest BCUT2D eigenvalue weighted by Crippen LogP contribution is -2.02. The Hall–Kier alpha value is -3.02. The van der Waals surface area contributed by atoms with Crippen molar-refractivity contribution < 1.29 is 29.6 Å². The van der Waals surface area contributed by atoms with E-state index in [1.54, 1.807) is 12.1 Å². The molecular weight excluding hydrogens is 264 g/mol. The first-order valence-electron chi connectivity index (χ1n) is 5.45. The maximum absolute atomic E-state index is 10.0. The number of ether oxygens (including phenoxy) is 1. The molecule has 0 aliphatic carbocycles. The second kappa shape index (κ2) is 7.42. The SMILES string of the molecule is O=C(O)Oc1cc(O)cc(O)c1.O=Cc1ccccc1. The van der Waals surface area contributed by atoms with E-state index in [-0.39, 0.29) is 17.2 Å². The fraction of sp³-hybridized carbons (Fsp3) is 0. The van der Waals surface area contributed by atoms with Gasteiger partial charge in [0.15, 0.2) is 0 Å². The van der Waals surface area contributed by atoms with Crippen LogP contribution in [0.25, 0.3) is 0 Å². The van der Waals surface area contributed by atoms with Gasteiger partial charge in [-0.3, -0.25) is 4.79 Å². The van der Waals surface area contributed by atoms with E-state index in [0.717, 1.165) is 30.0 Å². The average molecular weight is 276 g/mol. The molecule has 0 saturated heterocycles. The summed E-state index contributed by atoms with van der Waals surface area (Å²) in [5.74, 6) is -0.641. The Bertz CT molecular complexity index is 559. The number of hydrogen-bond donors (Lipinski definition) is 3. The van der Waals surface area contributed by atoms with E-state index >= 15 is 0 Å². The number of aldehydes is 1. The lowest BCUT2D eigenvalue weighted by molar-refractivity contribution is 0.112. The molecule has 0 bridgehead atoms. The molecule has 0 atom stereocenters. The van der Waals surface area contributed by atoms with Crippen LogP contribution in [0.4, 0.5) is 4.79 Å². The minimum Gasteiger partial charge on any atom is -0.508 e. The Balaban J connectivity index is 0.000000217. The van der Waals surface area contributed by atoms with Gasteiger partial charge in [-0.05, 0) is 0 Å². The summed E-state index contributed by atoms with van der Waals surface area (Å²) >= 11 is 0. The maximum atomic E-state index is 10.0. The van der Waals surface area contributed by atoms with Crippen LogP contribution in [-0.2, 0) is 0 Å². The van der Waals surface area contributed by atoms with Crippen molar-refractivity contribution in [3.63, 3.8) is 0 Å². The number of rotatable bonds is 2. The standard InChI is InChI=1S/C7H6O5.C7H6O/c8-4-1-5(9)3-6(2-4)12-7(10)11;8-6-7-4-2-1-3-5-7/h1-3,8-9H,(H,10,11);1-6H. The fourth-order valence-electron chi connectivity index (χ4n) is 1.26. The molecule has 3 N–H and O–H groups in total. The van der Waals surface area contributed by atoms with Gasteiger partial charge in [0.2, 0.25) is 0 Å². The predicted octanol–water partition coefficient (Wildman–Crippen LogP) is 2.65. The lowest BCUT2D eigenvalue weighted by Gasteiger charge is -2.00. The molecule has 2 rings (SSSR count). The van der Waals surface area contributed by atoms with E-state index in [4.69, 9.17) is 15.3 Å². The van der Waals surface area contributed by atoms with Gasteiger partial charge in [0.1, 0.15) is 23.5 Å². The van der Waals surface area contributed by atoms with Gasteiger partial charge < -0.3 is 20.1 Å². The molecule has 0 aliphatic heterocycles. The van der Waals surface area contributed by atoms with Gasteiger partial charge in [0, 0.05) is 23.8 Å². The van der Waals surface area contributed by atoms with Gasteiger partial charge in [-0.15, -0.1) is 0 Å². The molecule has 0 saturated carbocycles. The molecule has 6 nitrogen and oxygen atoms in total. The van der Waals surface area contributed by atoms with Gasteiger partial charge >= 0.3 is 6.16 Å². The maximum Gasteiger partial charge on any atom is 0.511 e. The van der Waals surface area contributed by atoms with Gasteiger partial charge in [0.05, 0.1) is 0 Å². The topological polar surface area (TPSA) is 104 Å². The lowest BCUT2D eigenvalue weighted by atomic mass is 10.2. The van der Waals surface area contributed by atoms with Crippen molar-refractivity contribution >= 4 is 12.4 Å². The Kier molecular flexibility index (Phi) is 5.58. The first-order valence-corrected chi connectivity index (χ1v) is 5.45. The number of carboxylic acid groups (broad SMARTS) is 1. The van der Waals surface area contributed by atoms with Gasteiger partial charge in [0.25, 0.3) is 0 Å². The Morgan fingerprint density at radius 1 is 1.00 bits per heavy atom.